The van der Waals surface area contributed by atoms with Crippen LogP contribution in [0.5, 0.6) is 0 Å². The minimum atomic E-state index is -0.475. The first kappa shape index (κ1) is 18.4. The van der Waals surface area contributed by atoms with Crippen molar-refractivity contribution in [2.75, 3.05) is 5.32 Å². The number of thiocarbonyl (C=S) groups is 1. The molecule has 0 aliphatic rings. The fraction of sp³-hybridized carbons (Fsp3) is 0.158. The van der Waals surface area contributed by atoms with Crippen LogP contribution < -0.4 is 5.32 Å². The van der Waals surface area contributed by atoms with E-state index in [1.807, 2.05) is 42.2 Å². The normalized spacial score (nSPS) is 11.8. The van der Waals surface area contributed by atoms with Gasteiger partial charge in [-0.25, -0.2) is 4.39 Å². The highest BCUT2D eigenvalue weighted by Gasteiger charge is 2.21. The first-order valence-corrected chi connectivity index (χ1v) is 8.79. The lowest BCUT2D eigenvalue weighted by Gasteiger charge is -2.31. The molecule has 2 aromatic heterocycles. The van der Waals surface area contributed by atoms with Gasteiger partial charge in [0.05, 0.1) is 29.6 Å². The van der Waals surface area contributed by atoms with Crippen molar-refractivity contribution in [2.45, 2.75) is 19.5 Å². The summed E-state index contributed by atoms with van der Waals surface area (Å²) in [5.41, 5.74) is 1.49. The monoisotopic (exact) mass is 389 g/mol. The number of benzene rings is 1. The molecule has 1 aromatic carbocycles. The molecule has 0 bridgehead atoms. The van der Waals surface area contributed by atoms with Crippen molar-refractivity contribution in [1.82, 2.24) is 9.88 Å². The summed E-state index contributed by atoms with van der Waals surface area (Å²) >= 11 is 11.4. The second kappa shape index (κ2) is 8.29. The molecule has 0 aliphatic heterocycles. The molecule has 3 aromatic rings. The van der Waals surface area contributed by atoms with Crippen molar-refractivity contribution in [3.8, 4) is 0 Å². The lowest BCUT2D eigenvalue weighted by molar-refractivity contribution is 0.299. The minimum Gasteiger partial charge on any atom is -0.467 e. The molecule has 0 amide bonds. The van der Waals surface area contributed by atoms with E-state index in [9.17, 15) is 4.39 Å². The van der Waals surface area contributed by atoms with E-state index in [1.165, 1.54) is 12.1 Å². The summed E-state index contributed by atoms with van der Waals surface area (Å²) in [4.78, 5) is 6.37. The van der Waals surface area contributed by atoms with Crippen molar-refractivity contribution in [3.63, 3.8) is 0 Å². The number of aromatic nitrogens is 1. The van der Waals surface area contributed by atoms with E-state index in [0.717, 1.165) is 11.5 Å². The van der Waals surface area contributed by atoms with Crippen molar-refractivity contribution >= 4 is 34.6 Å². The van der Waals surface area contributed by atoms with Gasteiger partial charge in [0.25, 0.3) is 0 Å². The number of hydrogen-bond donors (Lipinski definition) is 1. The number of hydrogen-bond acceptors (Lipinski definition) is 3. The topological polar surface area (TPSA) is 41.3 Å². The Balaban J connectivity index is 1.84. The molecule has 134 valence electrons. The minimum absolute atomic E-state index is 0.0353. The molecule has 1 atom stereocenters. The number of halogens is 2. The van der Waals surface area contributed by atoms with Gasteiger partial charge in [-0.15, -0.1) is 0 Å². The van der Waals surface area contributed by atoms with Gasteiger partial charge in [0.15, 0.2) is 5.11 Å². The summed E-state index contributed by atoms with van der Waals surface area (Å²) in [6.07, 6.45) is 3.36. The molecule has 0 saturated heterocycles. The van der Waals surface area contributed by atoms with Gasteiger partial charge in [-0.2, -0.15) is 0 Å². The molecule has 7 heteroatoms. The second-order valence-corrected chi connectivity index (χ2v) is 6.49. The number of furan rings is 1. The molecular weight excluding hydrogens is 373 g/mol. The van der Waals surface area contributed by atoms with Crippen LogP contribution in [0.3, 0.4) is 0 Å². The van der Waals surface area contributed by atoms with Gasteiger partial charge in [0.1, 0.15) is 11.6 Å². The van der Waals surface area contributed by atoms with Gasteiger partial charge in [0.2, 0.25) is 0 Å². The molecule has 0 fully saturated rings. The van der Waals surface area contributed by atoms with Crippen LogP contribution in [-0.2, 0) is 6.54 Å². The standard InChI is InChI=1S/C19H17ClFN3OS/c1-13(18-6-2-3-9-22-18)24(12-15-5-4-10-25-15)19(26)23-14-7-8-17(21)16(20)11-14/h2-11,13H,12H2,1H3,(H,23,26). The van der Waals surface area contributed by atoms with Crippen molar-refractivity contribution in [1.29, 1.82) is 0 Å². The lowest BCUT2D eigenvalue weighted by Crippen LogP contribution is -2.36. The van der Waals surface area contributed by atoms with E-state index in [4.69, 9.17) is 28.2 Å². The quantitative estimate of drug-likeness (QED) is 0.589. The Hall–Kier alpha value is -2.44. The van der Waals surface area contributed by atoms with E-state index in [0.29, 0.717) is 17.3 Å². The summed E-state index contributed by atoms with van der Waals surface area (Å²) in [6.45, 7) is 2.47. The number of anilines is 1. The SMILES string of the molecule is CC(c1ccccn1)N(Cc1ccco1)C(=S)Nc1ccc(F)c(Cl)c1. The molecule has 4 nitrogen and oxygen atoms in total. The number of nitrogens with zero attached hydrogens (tertiary/aromatic N) is 2. The fourth-order valence-electron chi connectivity index (χ4n) is 2.51. The third kappa shape index (κ3) is 4.39. The molecule has 0 aliphatic carbocycles. The molecule has 0 spiro atoms. The fourth-order valence-corrected chi connectivity index (χ4v) is 3.03. The molecule has 26 heavy (non-hydrogen) atoms. The third-order valence-corrected chi connectivity index (χ3v) is 4.55. The molecule has 1 unspecified atom stereocenters. The predicted molar refractivity (Wildman–Crippen MR) is 105 cm³/mol. The molecule has 2 heterocycles. The van der Waals surface area contributed by atoms with Gasteiger partial charge in [-0.1, -0.05) is 17.7 Å². The Labute approximate surface area is 161 Å². The average molecular weight is 390 g/mol. The number of rotatable bonds is 5. The Morgan fingerprint density at radius 3 is 2.81 bits per heavy atom. The third-order valence-electron chi connectivity index (χ3n) is 3.92. The van der Waals surface area contributed by atoms with Crippen molar-refractivity contribution in [2.24, 2.45) is 0 Å². The molecule has 1 N–H and O–H groups in total. The summed E-state index contributed by atoms with van der Waals surface area (Å²) in [6, 6.07) is 13.7. The van der Waals surface area contributed by atoms with Crippen molar-refractivity contribution < 1.29 is 8.81 Å². The maximum absolute atomic E-state index is 13.4. The highest BCUT2D eigenvalue weighted by Crippen LogP contribution is 2.24. The van der Waals surface area contributed by atoms with Crippen LogP contribution in [0, 0.1) is 5.82 Å². The maximum Gasteiger partial charge on any atom is 0.174 e. The number of pyridine rings is 1. The predicted octanol–water partition coefficient (Wildman–Crippen LogP) is 5.43. The Morgan fingerprint density at radius 1 is 1.31 bits per heavy atom. The molecule has 0 radical (unpaired) electrons. The Bertz CT molecular complexity index is 874. The highest BCUT2D eigenvalue weighted by molar-refractivity contribution is 7.80. The largest absolute Gasteiger partial charge is 0.467 e. The van der Waals surface area contributed by atoms with E-state index < -0.39 is 5.82 Å². The van der Waals surface area contributed by atoms with Crippen LogP contribution in [0.4, 0.5) is 10.1 Å². The lowest BCUT2D eigenvalue weighted by atomic mass is 10.2. The van der Waals surface area contributed by atoms with Crippen LogP contribution in [0.1, 0.15) is 24.4 Å². The average Bonchev–Trinajstić information content (AvgIpc) is 3.16. The zero-order chi connectivity index (χ0) is 18.5. The van der Waals surface area contributed by atoms with Crippen LogP contribution >= 0.6 is 23.8 Å². The highest BCUT2D eigenvalue weighted by atomic mass is 35.5. The summed E-state index contributed by atoms with van der Waals surface area (Å²) in [5.74, 6) is 0.298. The first-order valence-electron chi connectivity index (χ1n) is 8.00. The molecular formula is C19H17ClFN3OS. The Morgan fingerprint density at radius 2 is 2.15 bits per heavy atom. The van der Waals surface area contributed by atoms with E-state index in [-0.39, 0.29) is 11.1 Å². The summed E-state index contributed by atoms with van der Waals surface area (Å²) in [7, 11) is 0. The van der Waals surface area contributed by atoms with Gasteiger partial charge in [0, 0.05) is 11.9 Å². The van der Waals surface area contributed by atoms with Gasteiger partial charge in [-0.3, -0.25) is 4.98 Å². The van der Waals surface area contributed by atoms with Crippen molar-refractivity contribution in [3.05, 3.63) is 83.3 Å². The number of nitrogens with one attached hydrogen (secondary N) is 1. The van der Waals surface area contributed by atoms with Gasteiger partial charge >= 0.3 is 0 Å². The van der Waals surface area contributed by atoms with Crippen LogP contribution in [-0.4, -0.2) is 15.0 Å². The van der Waals surface area contributed by atoms with Gasteiger partial charge < -0.3 is 14.6 Å². The zero-order valence-corrected chi connectivity index (χ0v) is 15.6. The second-order valence-electron chi connectivity index (χ2n) is 5.70. The van der Waals surface area contributed by atoms with E-state index in [2.05, 4.69) is 10.3 Å². The zero-order valence-electron chi connectivity index (χ0n) is 14.0. The molecule has 3 rings (SSSR count). The van der Waals surface area contributed by atoms with E-state index >= 15 is 0 Å². The smallest absolute Gasteiger partial charge is 0.174 e. The first-order chi connectivity index (χ1) is 12.5. The Kier molecular flexibility index (Phi) is 5.85. The summed E-state index contributed by atoms with van der Waals surface area (Å²) < 4.78 is 18.8. The van der Waals surface area contributed by atoms with E-state index in [1.54, 1.807) is 18.5 Å². The van der Waals surface area contributed by atoms with Crippen LogP contribution in [0.15, 0.2) is 65.4 Å². The molecule has 0 saturated carbocycles. The van der Waals surface area contributed by atoms with Gasteiger partial charge in [-0.05, 0) is 61.6 Å². The van der Waals surface area contributed by atoms with Crippen LogP contribution in [0.25, 0.3) is 0 Å². The maximum atomic E-state index is 13.4. The van der Waals surface area contributed by atoms with Crippen LogP contribution in [0.2, 0.25) is 5.02 Å². The summed E-state index contributed by atoms with van der Waals surface area (Å²) in [5, 5.41) is 3.61.